The van der Waals surface area contributed by atoms with Crippen LogP contribution in [0.3, 0.4) is 0 Å². The number of aromatic hydroxyl groups is 1. The summed E-state index contributed by atoms with van der Waals surface area (Å²) < 4.78 is 26.3. The first-order valence-corrected chi connectivity index (χ1v) is 6.52. The van der Waals surface area contributed by atoms with Crippen LogP contribution in [0, 0.1) is 0 Å². The summed E-state index contributed by atoms with van der Waals surface area (Å²) in [5.41, 5.74) is 0. The van der Waals surface area contributed by atoms with Gasteiger partial charge in [-0.3, -0.25) is 0 Å². The van der Waals surface area contributed by atoms with Crippen molar-refractivity contribution in [3.05, 3.63) is 30.1 Å². The summed E-state index contributed by atoms with van der Waals surface area (Å²) in [5, 5.41) is 22.1. The minimum absolute atomic E-state index is 0.000154. The number of aromatic nitrogens is 4. The van der Waals surface area contributed by atoms with Crippen LogP contribution in [0.5, 0.6) is 5.75 Å². The summed E-state index contributed by atoms with van der Waals surface area (Å²) in [6, 6.07) is 4.60. The number of hydrogen-bond donors (Lipinski definition) is 3. The van der Waals surface area contributed by atoms with E-state index < -0.39 is 16.1 Å². The normalized spacial score (nSPS) is 13.4. The van der Waals surface area contributed by atoms with E-state index in [-0.39, 0.29) is 16.5 Å². The van der Waals surface area contributed by atoms with Crippen LogP contribution in [0.4, 0.5) is 0 Å². The molecule has 96 valence electrons. The van der Waals surface area contributed by atoms with Crippen molar-refractivity contribution in [1.29, 1.82) is 0 Å². The summed E-state index contributed by atoms with van der Waals surface area (Å²) in [7, 11) is -3.69. The lowest BCUT2D eigenvalue weighted by Crippen LogP contribution is -2.27. The molecule has 2 rings (SSSR count). The Bertz CT molecular complexity index is 608. The first kappa shape index (κ1) is 12.5. The zero-order valence-corrected chi connectivity index (χ0v) is 10.2. The Balaban J connectivity index is 2.20. The highest BCUT2D eigenvalue weighted by Crippen LogP contribution is 2.16. The van der Waals surface area contributed by atoms with Crippen molar-refractivity contribution >= 4 is 10.0 Å². The first-order chi connectivity index (χ1) is 8.49. The number of aromatic amines is 1. The Morgan fingerprint density at radius 3 is 2.56 bits per heavy atom. The van der Waals surface area contributed by atoms with E-state index >= 15 is 0 Å². The number of rotatable bonds is 4. The second-order valence-electron chi connectivity index (χ2n) is 3.61. The number of nitrogens with one attached hydrogen (secondary N) is 2. The second-order valence-corrected chi connectivity index (χ2v) is 5.32. The van der Waals surface area contributed by atoms with Crippen LogP contribution in [0.1, 0.15) is 18.8 Å². The summed E-state index contributed by atoms with van der Waals surface area (Å²) in [6.45, 7) is 1.60. The predicted octanol–water partition coefficient (Wildman–Crippen LogP) is -0.0552. The lowest BCUT2D eigenvalue weighted by atomic mass is 10.3. The average Bonchev–Trinajstić information content (AvgIpc) is 2.82. The van der Waals surface area contributed by atoms with Gasteiger partial charge in [0.25, 0.3) is 0 Å². The van der Waals surface area contributed by atoms with Crippen LogP contribution in [-0.4, -0.2) is 34.1 Å². The monoisotopic (exact) mass is 269 g/mol. The van der Waals surface area contributed by atoms with E-state index in [2.05, 4.69) is 25.3 Å². The van der Waals surface area contributed by atoms with E-state index in [4.69, 9.17) is 5.11 Å². The van der Waals surface area contributed by atoms with Gasteiger partial charge < -0.3 is 5.11 Å². The van der Waals surface area contributed by atoms with Crippen molar-refractivity contribution < 1.29 is 13.5 Å². The first-order valence-electron chi connectivity index (χ1n) is 5.04. The fourth-order valence-corrected chi connectivity index (χ4v) is 2.53. The third-order valence-electron chi connectivity index (χ3n) is 2.23. The Morgan fingerprint density at radius 1 is 1.33 bits per heavy atom. The van der Waals surface area contributed by atoms with Crippen molar-refractivity contribution in [3.63, 3.8) is 0 Å². The molecule has 0 spiro atoms. The fourth-order valence-electron chi connectivity index (χ4n) is 1.33. The van der Waals surface area contributed by atoms with Gasteiger partial charge in [-0.05, 0) is 31.2 Å². The van der Waals surface area contributed by atoms with E-state index in [0.717, 1.165) is 0 Å². The standard InChI is InChI=1S/C9H11N5O3S/c1-6(9-10-13-14-11-9)12-18(16,17)8-4-2-7(15)3-5-8/h2-6,12,15H,1H3,(H,10,11,13,14). The maximum absolute atomic E-state index is 12.0. The molecule has 0 saturated carbocycles. The number of nitrogens with zero attached hydrogens (tertiary/aromatic N) is 3. The van der Waals surface area contributed by atoms with Gasteiger partial charge in [0.05, 0.1) is 10.9 Å². The zero-order chi connectivity index (χ0) is 13.2. The third kappa shape index (κ3) is 2.63. The lowest BCUT2D eigenvalue weighted by molar-refractivity contribution is 0.474. The molecule has 1 aromatic carbocycles. The Morgan fingerprint density at radius 2 is 2.00 bits per heavy atom. The quantitative estimate of drug-likeness (QED) is 0.715. The maximum atomic E-state index is 12.0. The Labute approximate surface area is 103 Å². The molecule has 0 aliphatic carbocycles. The van der Waals surface area contributed by atoms with Crippen molar-refractivity contribution in [1.82, 2.24) is 25.3 Å². The Kier molecular flexibility index (Phi) is 3.26. The molecule has 8 nitrogen and oxygen atoms in total. The molecule has 0 aliphatic heterocycles. The molecule has 1 unspecified atom stereocenters. The van der Waals surface area contributed by atoms with Crippen LogP contribution in [-0.2, 0) is 10.0 Å². The van der Waals surface area contributed by atoms with Gasteiger partial charge in [-0.2, -0.15) is 5.21 Å². The predicted molar refractivity (Wildman–Crippen MR) is 61.0 cm³/mol. The Hall–Kier alpha value is -2.00. The topological polar surface area (TPSA) is 121 Å². The minimum atomic E-state index is -3.69. The zero-order valence-electron chi connectivity index (χ0n) is 9.40. The summed E-state index contributed by atoms with van der Waals surface area (Å²) in [6.07, 6.45) is 0. The van der Waals surface area contributed by atoms with Gasteiger partial charge in [-0.15, -0.1) is 10.2 Å². The van der Waals surface area contributed by atoms with Crippen LogP contribution >= 0.6 is 0 Å². The van der Waals surface area contributed by atoms with Gasteiger partial charge in [0.2, 0.25) is 10.0 Å². The number of sulfonamides is 1. The molecule has 0 aliphatic rings. The van der Waals surface area contributed by atoms with Gasteiger partial charge in [0.15, 0.2) is 5.82 Å². The summed E-state index contributed by atoms with van der Waals surface area (Å²) in [4.78, 5) is 0.0515. The fraction of sp³-hybridized carbons (Fsp3) is 0.222. The van der Waals surface area contributed by atoms with Crippen molar-refractivity contribution in [2.45, 2.75) is 17.9 Å². The molecule has 2 aromatic rings. The van der Waals surface area contributed by atoms with Crippen molar-refractivity contribution in [2.24, 2.45) is 0 Å². The molecule has 0 amide bonds. The lowest BCUT2D eigenvalue weighted by Gasteiger charge is -2.10. The van der Waals surface area contributed by atoms with Gasteiger partial charge in [-0.25, -0.2) is 13.1 Å². The van der Waals surface area contributed by atoms with E-state index in [1.165, 1.54) is 24.3 Å². The molecule has 3 N–H and O–H groups in total. The van der Waals surface area contributed by atoms with Crippen LogP contribution < -0.4 is 4.72 Å². The van der Waals surface area contributed by atoms with Crippen LogP contribution in [0.2, 0.25) is 0 Å². The molecule has 9 heteroatoms. The van der Waals surface area contributed by atoms with E-state index in [9.17, 15) is 8.42 Å². The summed E-state index contributed by atoms with van der Waals surface area (Å²) >= 11 is 0. The number of phenolic OH excluding ortho intramolecular Hbond substituents is 1. The molecule has 1 heterocycles. The molecule has 0 bridgehead atoms. The number of H-pyrrole nitrogens is 1. The molecule has 18 heavy (non-hydrogen) atoms. The molecular weight excluding hydrogens is 258 g/mol. The highest BCUT2D eigenvalue weighted by molar-refractivity contribution is 7.89. The highest BCUT2D eigenvalue weighted by atomic mass is 32.2. The van der Waals surface area contributed by atoms with Crippen LogP contribution in [0.15, 0.2) is 29.2 Å². The number of benzene rings is 1. The smallest absolute Gasteiger partial charge is 0.241 e. The molecule has 0 radical (unpaired) electrons. The number of hydrogen-bond acceptors (Lipinski definition) is 6. The maximum Gasteiger partial charge on any atom is 0.241 e. The van der Waals surface area contributed by atoms with E-state index in [1.54, 1.807) is 6.92 Å². The van der Waals surface area contributed by atoms with Crippen molar-refractivity contribution in [3.8, 4) is 5.75 Å². The van der Waals surface area contributed by atoms with Gasteiger partial charge in [0, 0.05) is 0 Å². The van der Waals surface area contributed by atoms with Crippen LogP contribution in [0.25, 0.3) is 0 Å². The average molecular weight is 269 g/mol. The third-order valence-corrected chi connectivity index (χ3v) is 3.78. The minimum Gasteiger partial charge on any atom is -0.508 e. The summed E-state index contributed by atoms with van der Waals surface area (Å²) in [5.74, 6) is 0.248. The second kappa shape index (κ2) is 4.70. The van der Waals surface area contributed by atoms with Crippen molar-refractivity contribution in [2.75, 3.05) is 0 Å². The highest BCUT2D eigenvalue weighted by Gasteiger charge is 2.20. The van der Waals surface area contributed by atoms with Gasteiger partial charge >= 0.3 is 0 Å². The van der Waals surface area contributed by atoms with Gasteiger partial charge in [-0.1, -0.05) is 5.21 Å². The number of tetrazole rings is 1. The molecular formula is C9H11N5O3S. The molecule has 0 fully saturated rings. The molecule has 1 aromatic heterocycles. The number of phenols is 1. The van der Waals surface area contributed by atoms with E-state index in [0.29, 0.717) is 0 Å². The van der Waals surface area contributed by atoms with E-state index in [1.807, 2.05) is 0 Å². The molecule has 1 atom stereocenters. The molecule has 0 saturated heterocycles. The van der Waals surface area contributed by atoms with Gasteiger partial charge in [0.1, 0.15) is 5.75 Å². The largest absolute Gasteiger partial charge is 0.508 e. The SMILES string of the molecule is CC(NS(=O)(=O)c1ccc(O)cc1)c1nn[nH]n1.